The molecule has 2 fully saturated rings. The van der Waals surface area contributed by atoms with Crippen molar-refractivity contribution in [3.8, 4) is 0 Å². The number of anilines is 1. The first-order valence-corrected chi connectivity index (χ1v) is 9.68. The fourth-order valence-electron chi connectivity index (χ4n) is 5.07. The molecule has 138 valence electrons. The van der Waals surface area contributed by atoms with Gasteiger partial charge >= 0.3 is 0 Å². The molecule has 0 bridgehead atoms. The fraction of sp³-hybridized carbons (Fsp3) is 0.455. The summed E-state index contributed by atoms with van der Waals surface area (Å²) in [6, 6.07) is 17.7. The van der Waals surface area contributed by atoms with Gasteiger partial charge in [0, 0.05) is 51.5 Å². The molecule has 4 heteroatoms. The Labute approximate surface area is 162 Å². The van der Waals surface area contributed by atoms with Crippen LogP contribution in [0.1, 0.15) is 16.7 Å². The van der Waals surface area contributed by atoms with Gasteiger partial charge in [-0.25, -0.2) is 0 Å². The number of benzene rings is 2. The number of para-hydroxylation sites is 1. The Morgan fingerprint density at radius 2 is 1.50 bits per heavy atom. The lowest BCUT2D eigenvalue weighted by molar-refractivity contribution is 0.246. The van der Waals surface area contributed by atoms with Gasteiger partial charge in [0.1, 0.15) is 0 Å². The van der Waals surface area contributed by atoms with Gasteiger partial charge in [-0.05, 0) is 34.9 Å². The molecule has 3 aliphatic heterocycles. The predicted octanol–water partition coefficient (Wildman–Crippen LogP) is 3.64. The second kappa shape index (κ2) is 7.59. The standard InChI is InChI=1S/C22H27N3.ClH/c1-2-5-17(6-3-1)11-24-13-20-15-25(16-21(20)14-24)12-19-8-4-7-18-9-10-23-22(18)19;/h1-8,20-21,23H,9-16H2;1H/t20-,21+;. The summed E-state index contributed by atoms with van der Waals surface area (Å²) in [6.45, 7) is 8.39. The van der Waals surface area contributed by atoms with Crippen LogP contribution in [-0.4, -0.2) is 42.5 Å². The van der Waals surface area contributed by atoms with Crippen molar-refractivity contribution in [3.05, 3.63) is 65.2 Å². The highest BCUT2D eigenvalue weighted by Crippen LogP contribution is 2.34. The SMILES string of the molecule is Cl.c1ccc(CN2C[C@@H]3CN(Cc4cccc5c4NCC5)C[C@@H]3C2)cc1. The summed E-state index contributed by atoms with van der Waals surface area (Å²) < 4.78 is 0. The molecule has 2 atom stereocenters. The van der Waals surface area contributed by atoms with E-state index in [9.17, 15) is 0 Å². The molecular formula is C22H28ClN3. The molecule has 2 aromatic rings. The van der Waals surface area contributed by atoms with Crippen molar-refractivity contribution in [1.82, 2.24) is 9.80 Å². The second-order valence-electron chi connectivity index (χ2n) is 8.02. The topological polar surface area (TPSA) is 18.5 Å². The van der Waals surface area contributed by atoms with Gasteiger partial charge in [-0.15, -0.1) is 12.4 Å². The molecule has 2 saturated heterocycles. The Morgan fingerprint density at radius 3 is 2.23 bits per heavy atom. The third kappa shape index (κ3) is 3.48. The Kier molecular flexibility index (Phi) is 5.21. The summed E-state index contributed by atoms with van der Waals surface area (Å²) in [5.74, 6) is 1.71. The van der Waals surface area contributed by atoms with Crippen LogP contribution in [0, 0.1) is 11.8 Å². The first-order chi connectivity index (χ1) is 12.3. The van der Waals surface area contributed by atoms with E-state index in [0.29, 0.717) is 0 Å². The maximum atomic E-state index is 3.59. The van der Waals surface area contributed by atoms with Crippen LogP contribution in [0.2, 0.25) is 0 Å². The molecule has 0 spiro atoms. The number of hydrogen-bond donors (Lipinski definition) is 1. The van der Waals surface area contributed by atoms with Crippen molar-refractivity contribution in [2.75, 3.05) is 38.0 Å². The van der Waals surface area contributed by atoms with Crippen LogP contribution >= 0.6 is 12.4 Å². The van der Waals surface area contributed by atoms with Gasteiger partial charge < -0.3 is 5.32 Å². The summed E-state index contributed by atoms with van der Waals surface area (Å²) in [4.78, 5) is 5.34. The minimum absolute atomic E-state index is 0. The molecule has 1 N–H and O–H groups in total. The smallest absolute Gasteiger partial charge is 0.0419 e. The van der Waals surface area contributed by atoms with Crippen LogP contribution in [-0.2, 0) is 19.5 Å². The monoisotopic (exact) mass is 369 g/mol. The zero-order chi connectivity index (χ0) is 16.6. The van der Waals surface area contributed by atoms with Crippen LogP contribution in [0.3, 0.4) is 0 Å². The zero-order valence-electron chi connectivity index (χ0n) is 15.2. The van der Waals surface area contributed by atoms with Crippen molar-refractivity contribution in [2.24, 2.45) is 11.8 Å². The van der Waals surface area contributed by atoms with Crippen molar-refractivity contribution < 1.29 is 0 Å². The average molecular weight is 370 g/mol. The van der Waals surface area contributed by atoms with Gasteiger partial charge in [-0.2, -0.15) is 0 Å². The van der Waals surface area contributed by atoms with Crippen molar-refractivity contribution in [3.63, 3.8) is 0 Å². The number of fused-ring (bicyclic) bond motifs is 2. The molecular weight excluding hydrogens is 342 g/mol. The number of nitrogens with zero attached hydrogens (tertiary/aromatic N) is 2. The Morgan fingerprint density at radius 1 is 0.808 bits per heavy atom. The summed E-state index contributed by atoms with van der Waals surface area (Å²) in [6.07, 6.45) is 1.18. The quantitative estimate of drug-likeness (QED) is 0.887. The Hall–Kier alpha value is -1.55. The van der Waals surface area contributed by atoms with E-state index >= 15 is 0 Å². The molecule has 3 aliphatic rings. The molecule has 3 heterocycles. The van der Waals surface area contributed by atoms with E-state index in [1.165, 1.54) is 55.0 Å². The first-order valence-electron chi connectivity index (χ1n) is 9.68. The second-order valence-corrected chi connectivity index (χ2v) is 8.02. The minimum atomic E-state index is 0. The lowest BCUT2D eigenvalue weighted by atomic mass is 10.0. The highest BCUT2D eigenvalue weighted by molar-refractivity contribution is 5.85. The summed E-state index contributed by atoms with van der Waals surface area (Å²) in [5, 5.41) is 3.59. The summed E-state index contributed by atoms with van der Waals surface area (Å²) in [5.41, 5.74) is 5.87. The normalized spacial score (nSPS) is 24.8. The molecule has 0 aromatic heterocycles. The van der Waals surface area contributed by atoms with E-state index in [2.05, 4.69) is 63.6 Å². The maximum absolute atomic E-state index is 3.59. The first kappa shape index (κ1) is 17.8. The number of rotatable bonds is 4. The van der Waals surface area contributed by atoms with Crippen LogP contribution < -0.4 is 5.32 Å². The van der Waals surface area contributed by atoms with E-state index < -0.39 is 0 Å². The fourth-order valence-corrected chi connectivity index (χ4v) is 5.07. The molecule has 0 unspecified atom stereocenters. The van der Waals surface area contributed by atoms with Gasteiger partial charge in [0.2, 0.25) is 0 Å². The molecule has 2 aromatic carbocycles. The zero-order valence-corrected chi connectivity index (χ0v) is 16.0. The highest BCUT2D eigenvalue weighted by Gasteiger charge is 2.39. The van der Waals surface area contributed by atoms with Gasteiger partial charge in [0.05, 0.1) is 0 Å². The third-order valence-corrected chi connectivity index (χ3v) is 6.21. The van der Waals surface area contributed by atoms with E-state index in [1.807, 2.05) is 0 Å². The number of nitrogens with one attached hydrogen (secondary N) is 1. The molecule has 26 heavy (non-hydrogen) atoms. The van der Waals surface area contributed by atoms with Crippen LogP contribution in [0.15, 0.2) is 48.5 Å². The van der Waals surface area contributed by atoms with Crippen molar-refractivity contribution in [1.29, 1.82) is 0 Å². The van der Waals surface area contributed by atoms with Gasteiger partial charge in [0.25, 0.3) is 0 Å². The number of hydrogen-bond acceptors (Lipinski definition) is 3. The van der Waals surface area contributed by atoms with Gasteiger partial charge in [-0.1, -0.05) is 48.5 Å². The molecule has 5 rings (SSSR count). The lowest BCUT2D eigenvalue weighted by Gasteiger charge is -2.22. The summed E-state index contributed by atoms with van der Waals surface area (Å²) in [7, 11) is 0. The van der Waals surface area contributed by atoms with E-state index in [4.69, 9.17) is 0 Å². The molecule has 0 saturated carbocycles. The molecule has 3 nitrogen and oxygen atoms in total. The maximum Gasteiger partial charge on any atom is 0.0419 e. The van der Waals surface area contributed by atoms with Crippen molar-refractivity contribution >= 4 is 18.1 Å². The summed E-state index contributed by atoms with van der Waals surface area (Å²) >= 11 is 0. The Balaban J connectivity index is 0.00000168. The van der Waals surface area contributed by atoms with Crippen LogP contribution in [0.4, 0.5) is 5.69 Å². The minimum Gasteiger partial charge on any atom is -0.384 e. The van der Waals surface area contributed by atoms with Gasteiger partial charge in [-0.3, -0.25) is 9.80 Å². The van der Waals surface area contributed by atoms with Crippen LogP contribution in [0.25, 0.3) is 0 Å². The Bertz CT molecular complexity index is 734. The predicted molar refractivity (Wildman–Crippen MR) is 110 cm³/mol. The van der Waals surface area contributed by atoms with E-state index in [-0.39, 0.29) is 12.4 Å². The molecule has 0 radical (unpaired) electrons. The van der Waals surface area contributed by atoms with Crippen LogP contribution in [0.5, 0.6) is 0 Å². The third-order valence-electron chi connectivity index (χ3n) is 6.21. The molecule has 0 amide bonds. The number of halogens is 1. The lowest BCUT2D eigenvalue weighted by Crippen LogP contribution is -2.28. The van der Waals surface area contributed by atoms with E-state index in [1.54, 1.807) is 0 Å². The number of likely N-dealkylation sites (tertiary alicyclic amines) is 2. The largest absolute Gasteiger partial charge is 0.384 e. The average Bonchev–Trinajstić information content (AvgIpc) is 3.31. The van der Waals surface area contributed by atoms with Crippen molar-refractivity contribution in [2.45, 2.75) is 19.5 Å². The van der Waals surface area contributed by atoms with Gasteiger partial charge in [0.15, 0.2) is 0 Å². The van der Waals surface area contributed by atoms with E-state index in [0.717, 1.165) is 31.5 Å². The highest BCUT2D eigenvalue weighted by atomic mass is 35.5. The molecule has 0 aliphatic carbocycles.